The van der Waals surface area contributed by atoms with Crippen molar-refractivity contribution in [2.45, 2.75) is 19.9 Å². The molecule has 1 aromatic heterocycles. The van der Waals surface area contributed by atoms with Crippen molar-refractivity contribution in [1.29, 1.82) is 0 Å². The maximum atomic E-state index is 14.1. The Kier molecular flexibility index (Phi) is 6.18. The second-order valence-electron chi connectivity index (χ2n) is 7.95. The molecule has 1 atom stereocenters. The number of carboxylic acid groups (broad SMARTS) is 1. The fourth-order valence-corrected chi connectivity index (χ4v) is 3.73. The minimum Gasteiger partial charge on any atom is -0.480 e. The molecule has 0 amide bonds. The van der Waals surface area contributed by atoms with Crippen molar-refractivity contribution in [3.63, 3.8) is 0 Å². The van der Waals surface area contributed by atoms with Crippen LogP contribution in [0.25, 0.3) is 33.3 Å². The van der Waals surface area contributed by atoms with Crippen molar-refractivity contribution >= 4 is 28.8 Å². The molecular formula is C27H24FN3O2. The number of nitrogens with zero attached hydrogens (tertiary/aromatic N) is 2. The molecule has 0 fully saturated rings. The van der Waals surface area contributed by atoms with Crippen molar-refractivity contribution in [2.75, 3.05) is 12.4 Å². The van der Waals surface area contributed by atoms with E-state index in [1.54, 1.807) is 19.3 Å². The summed E-state index contributed by atoms with van der Waals surface area (Å²) in [5.74, 6) is -1.44. The van der Waals surface area contributed by atoms with Gasteiger partial charge >= 0.3 is 5.97 Å². The first kappa shape index (κ1) is 22.1. The molecule has 0 saturated heterocycles. The Morgan fingerprint density at radius 3 is 2.24 bits per heavy atom. The van der Waals surface area contributed by atoms with Gasteiger partial charge in [0.2, 0.25) is 0 Å². The zero-order chi connectivity index (χ0) is 23.5. The summed E-state index contributed by atoms with van der Waals surface area (Å²) in [5.41, 5.74) is 6.51. The molecule has 0 saturated carbocycles. The highest BCUT2D eigenvalue weighted by atomic mass is 19.1. The number of hydrogen-bond acceptors (Lipinski definition) is 4. The Balaban J connectivity index is 1.89. The SMILES string of the molecule is CN=Cc1c(-c2ccc(-c3ccc(C)cc3)cc2)nc2ccc(F)cc2c1NC(C)C(=O)O. The molecule has 33 heavy (non-hydrogen) atoms. The van der Waals surface area contributed by atoms with Crippen molar-refractivity contribution in [3.05, 3.63) is 83.7 Å². The van der Waals surface area contributed by atoms with Crippen molar-refractivity contribution in [3.8, 4) is 22.4 Å². The van der Waals surface area contributed by atoms with Gasteiger partial charge in [0.15, 0.2) is 0 Å². The third-order valence-corrected chi connectivity index (χ3v) is 5.52. The van der Waals surface area contributed by atoms with Crippen molar-refractivity contribution in [2.24, 2.45) is 4.99 Å². The maximum Gasteiger partial charge on any atom is 0.325 e. The van der Waals surface area contributed by atoms with Gasteiger partial charge in [0, 0.05) is 29.8 Å². The highest BCUT2D eigenvalue weighted by Crippen LogP contribution is 2.35. The number of aliphatic carboxylic acids is 1. The van der Waals surface area contributed by atoms with Crippen molar-refractivity contribution in [1.82, 2.24) is 4.98 Å². The molecular weight excluding hydrogens is 417 g/mol. The van der Waals surface area contributed by atoms with Crippen LogP contribution in [-0.2, 0) is 4.79 Å². The minimum absolute atomic E-state index is 0.426. The van der Waals surface area contributed by atoms with Crippen LogP contribution >= 0.6 is 0 Å². The summed E-state index contributed by atoms with van der Waals surface area (Å²) in [5, 5.41) is 13.0. The molecule has 0 aliphatic heterocycles. The molecule has 3 aromatic carbocycles. The second kappa shape index (κ2) is 9.20. The molecule has 166 valence electrons. The van der Waals surface area contributed by atoms with E-state index in [9.17, 15) is 14.3 Å². The molecule has 1 heterocycles. The van der Waals surface area contributed by atoms with E-state index < -0.39 is 17.8 Å². The van der Waals surface area contributed by atoms with Gasteiger partial charge in [0.1, 0.15) is 11.9 Å². The van der Waals surface area contributed by atoms with Crippen LogP contribution in [0.5, 0.6) is 0 Å². The predicted octanol–water partition coefficient (Wildman–Crippen LogP) is 5.95. The number of pyridine rings is 1. The summed E-state index contributed by atoms with van der Waals surface area (Å²) in [6, 6.07) is 19.7. The second-order valence-corrected chi connectivity index (χ2v) is 7.95. The first-order valence-corrected chi connectivity index (χ1v) is 10.6. The summed E-state index contributed by atoms with van der Waals surface area (Å²) < 4.78 is 14.1. The quantitative estimate of drug-likeness (QED) is 0.363. The first-order valence-electron chi connectivity index (χ1n) is 10.6. The lowest BCUT2D eigenvalue weighted by Crippen LogP contribution is -2.26. The highest BCUT2D eigenvalue weighted by Gasteiger charge is 2.20. The standard InChI is InChI=1S/C27H24FN3O2/c1-16-4-6-18(7-5-16)19-8-10-20(11-9-19)25-23(15-29-3)26(30-17(2)27(32)33)22-14-21(28)12-13-24(22)31-25/h4-15,17H,1-3H3,(H,30,31)(H,32,33). The van der Waals surface area contributed by atoms with Gasteiger partial charge in [-0.15, -0.1) is 0 Å². The van der Waals surface area contributed by atoms with Gasteiger partial charge < -0.3 is 10.4 Å². The lowest BCUT2D eigenvalue weighted by molar-refractivity contribution is -0.137. The van der Waals surface area contributed by atoms with Gasteiger partial charge in [0.25, 0.3) is 0 Å². The molecule has 4 aromatic rings. The average molecular weight is 442 g/mol. The molecule has 0 spiro atoms. The van der Waals surface area contributed by atoms with Crippen LogP contribution < -0.4 is 5.32 Å². The lowest BCUT2D eigenvalue weighted by Gasteiger charge is -2.19. The molecule has 0 aliphatic carbocycles. The number of rotatable bonds is 6. The molecule has 5 nitrogen and oxygen atoms in total. The van der Waals surface area contributed by atoms with Gasteiger partial charge in [0.05, 0.1) is 16.9 Å². The number of anilines is 1. The zero-order valence-electron chi connectivity index (χ0n) is 18.6. The first-order chi connectivity index (χ1) is 15.9. The smallest absolute Gasteiger partial charge is 0.325 e. The molecule has 4 rings (SSSR count). The van der Waals surface area contributed by atoms with Crippen LogP contribution in [0, 0.1) is 12.7 Å². The van der Waals surface area contributed by atoms with Gasteiger partial charge in [-0.3, -0.25) is 9.79 Å². The number of carboxylic acids is 1. The molecule has 1 unspecified atom stereocenters. The van der Waals surface area contributed by atoms with E-state index in [-0.39, 0.29) is 0 Å². The number of aliphatic imine (C=N–C) groups is 1. The van der Waals surface area contributed by atoms with E-state index >= 15 is 0 Å². The van der Waals surface area contributed by atoms with E-state index in [0.29, 0.717) is 27.8 Å². The average Bonchev–Trinajstić information content (AvgIpc) is 2.81. The van der Waals surface area contributed by atoms with Crippen LogP contribution in [0.2, 0.25) is 0 Å². The number of halogens is 1. The maximum absolute atomic E-state index is 14.1. The number of fused-ring (bicyclic) bond motifs is 1. The monoisotopic (exact) mass is 441 g/mol. The number of aromatic nitrogens is 1. The Labute approximate surface area is 191 Å². The molecule has 0 radical (unpaired) electrons. The fraction of sp³-hybridized carbons (Fsp3) is 0.148. The molecule has 6 heteroatoms. The third-order valence-electron chi connectivity index (χ3n) is 5.52. The van der Waals surface area contributed by atoms with Crippen LogP contribution in [0.3, 0.4) is 0 Å². The number of aryl methyl sites for hydroxylation is 1. The molecule has 0 bridgehead atoms. The summed E-state index contributed by atoms with van der Waals surface area (Å²) in [6.07, 6.45) is 1.62. The normalized spacial score (nSPS) is 12.2. The van der Waals surface area contributed by atoms with Gasteiger partial charge in [-0.25, -0.2) is 9.37 Å². The highest BCUT2D eigenvalue weighted by molar-refractivity contribution is 6.07. The predicted molar refractivity (Wildman–Crippen MR) is 132 cm³/mol. The van der Waals surface area contributed by atoms with Crippen LogP contribution in [0.15, 0.2) is 71.7 Å². The molecule has 2 N–H and O–H groups in total. The minimum atomic E-state index is -1.01. The van der Waals surface area contributed by atoms with E-state index in [0.717, 1.165) is 16.7 Å². The topological polar surface area (TPSA) is 74.6 Å². The van der Waals surface area contributed by atoms with E-state index in [2.05, 4.69) is 41.5 Å². The summed E-state index contributed by atoms with van der Waals surface area (Å²) in [4.78, 5) is 20.5. The lowest BCUT2D eigenvalue weighted by atomic mass is 9.98. The van der Waals surface area contributed by atoms with Crippen molar-refractivity contribution < 1.29 is 14.3 Å². The Morgan fingerprint density at radius 1 is 1.03 bits per heavy atom. The van der Waals surface area contributed by atoms with Crippen LogP contribution in [0.1, 0.15) is 18.1 Å². The number of nitrogens with one attached hydrogen (secondary N) is 1. The van der Waals surface area contributed by atoms with E-state index in [1.165, 1.54) is 24.6 Å². The van der Waals surface area contributed by atoms with E-state index in [1.807, 2.05) is 24.3 Å². The Morgan fingerprint density at radius 2 is 1.64 bits per heavy atom. The Hall–Kier alpha value is -4.06. The summed E-state index contributed by atoms with van der Waals surface area (Å²) >= 11 is 0. The van der Waals surface area contributed by atoms with E-state index in [4.69, 9.17) is 4.98 Å². The zero-order valence-corrected chi connectivity index (χ0v) is 18.6. The largest absolute Gasteiger partial charge is 0.480 e. The van der Waals surface area contributed by atoms with Gasteiger partial charge in [-0.2, -0.15) is 0 Å². The third kappa shape index (κ3) is 4.60. The fourth-order valence-electron chi connectivity index (χ4n) is 3.73. The van der Waals surface area contributed by atoms with Crippen LogP contribution in [-0.4, -0.2) is 35.4 Å². The number of hydrogen-bond donors (Lipinski definition) is 2. The van der Waals surface area contributed by atoms with Gasteiger partial charge in [-0.1, -0.05) is 54.1 Å². The van der Waals surface area contributed by atoms with Crippen LogP contribution in [0.4, 0.5) is 10.1 Å². The Bertz CT molecular complexity index is 1350. The summed E-state index contributed by atoms with van der Waals surface area (Å²) in [6.45, 7) is 3.59. The van der Waals surface area contributed by atoms with Gasteiger partial charge in [-0.05, 0) is 43.2 Å². The molecule has 0 aliphatic rings. The summed E-state index contributed by atoms with van der Waals surface area (Å²) in [7, 11) is 1.63. The number of carbonyl (C=O) groups is 1. The number of benzene rings is 3.